The Morgan fingerprint density at radius 1 is 1.65 bits per heavy atom. The van der Waals surface area contributed by atoms with Crippen molar-refractivity contribution in [1.82, 2.24) is 0 Å². The van der Waals surface area contributed by atoms with Gasteiger partial charge in [0.15, 0.2) is 5.79 Å². The summed E-state index contributed by atoms with van der Waals surface area (Å²) in [5.41, 5.74) is 0. The van der Waals surface area contributed by atoms with E-state index < -0.39 is 17.9 Å². The van der Waals surface area contributed by atoms with Crippen molar-refractivity contribution in [2.75, 3.05) is 13.2 Å². The number of rotatable bonds is 5. The third-order valence-electron chi connectivity index (χ3n) is 2.38. The number of hydrogen-bond acceptors (Lipinski definition) is 5. The van der Waals surface area contributed by atoms with Gasteiger partial charge in [-0.25, -0.2) is 4.79 Å². The molecule has 5 heteroatoms. The van der Waals surface area contributed by atoms with Crippen molar-refractivity contribution in [2.24, 2.45) is 0 Å². The third kappa shape index (κ3) is 4.85. The van der Waals surface area contributed by atoms with Crippen LogP contribution in [-0.4, -0.2) is 42.3 Å². The fraction of sp³-hybridized carbons (Fsp3) is 0.750. The number of carbonyl (C=O) groups excluding carboxylic acids is 1. The average Bonchev–Trinajstić information content (AvgIpc) is 2.59. The van der Waals surface area contributed by atoms with Crippen LogP contribution < -0.4 is 0 Å². The molecule has 2 atom stereocenters. The first-order valence-corrected chi connectivity index (χ1v) is 5.77. The van der Waals surface area contributed by atoms with Crippen molar-refractivity contribution in [1.29, 1.82) is 0 Å². The molecule has 17 heavy (non-hydrogen) atoms. The molecule has 0 saturated carbocycles. The molecule has 1 fully saturated rings. The summed E-state index contributed by atoms with van der Waals surface area (Å²) in [6, 6.07) is 0. The van der Waals surface area contributed by atoms with E-state index in [4.69, 9.17) is 14.2 Å². The first-order chi connectivity index (χ1) is 7.94. The lowest BCUT2D eigenvalue weighted by atomic mass is 10.1. The first kappa shape index (κ1) is 14.2. The van der Waals surface area contributed by atoms with Crippen LogP contribution >= 0.6 is 0 Å². The van der Waals surface area contributed by atoms with Crippen molar-refractivity contribution < 1.29 is 24.1 Å². The van der Waals surface area contributed by atoms with Crippen LogP contribution in [0, 0.1) is 0 Å². The van der Waals surface area contributed by atoms with Gasteiger partial charge >= 0.3 is 5.97 Å². The molecule has 1 heterocycles. The van der Waals surface area contributed by atoms with Gasteiger partial charge in [-0.2, -0.15) is 0 Å². The molecule has 1 aliphatic rings. The van der Waals surface area contributed by atoms with Crippen LogP contribution in [-0.2, 0) is 19.0 Å². The molecule has 1 N–H and O–H groups in total. The van der Waals surface area contributed by atoms with Gasteiger partial charge in [0.25, 0.3) is 0 Å². The Kier molecular flexibility index (Phi) is 5.11. The predicted octanol–water partition coefficient (Wildman–Crippen LogP) is 1.01. The lowest BCUT2D eigenvalue weighted by Gasteiger charge is -2.19. The van der Waals surface area contributed by atoms with Gasteiger partial charge in [0, 0.05) is 6.08 Å². The van der Waals surface area contributed by atoms with Crippen molar-refractivity contribution in [3.63, 3.8) is 0 Å². The maximum atomic E-state index is 11.0. The van der Waals surface area contributed by atoms with Crippen molar-refractivity contribution >= 4 is 5.97 Å². The number of aliphatic hydroxyl groups excluding tert-OH is 1. The molecule has 0 aromatic heterocycles. The smallest absolute Gasteiger partial charge is 0.330 e. The van der Waals surface area contributed by atoms with E-state index in [1.54, 1.807) is 26.8 Å². The summed E-state index contributed by atoms with van der Waals surface area (Å²) >= 11 is 0. The fourth-order valence-corrected chi connectivity index (χ4v) is 1.55. The predicted molar refractivity (Wildman–Crippen MR) is 61.3 cm³/mol. The second-order valence-corrected chi connectivity index (χ2v) is 4.32. The van der Waals surface area contributed by atoms with Crippen molar-refractivity contribution in [3.8, 4) is 0 Å². The van der Waals surface area contributed by atoms with E-state index >= 15 is 0 Å². The Balaban J connectivity index is 2.30. The summed E-state index contributed by atoms with van der Waals surface area (Å²) in [6.07, 6.45) is 2.20. The standard InChI is InChI=1S/C12H20O5/c1-4-15-11(14)7-5-6-9(13)10-8-16-12(2,3)17-10/h5,7,9-10,13H,4,6,8H2,1-3H3/b7-5+/t9-,10?/m0/s1. The van der Waals surface area contributed by atoms with Crippen molar-refractivity contribution in [3.05, 3.63) is 12.2 Å². The van der Waals surface area contributed by atoms with E-state index in [-0.39, 0.29) is 6.10 Å². The molecule has 0 bridgehead atoms. The molecule has 5 nitrogen and oxygen atoms in total. The molecule has 1 rings (SSSR count). The third-order valence-corrected chi connectivity index (χ3v) is 2.38. The van der Waals surface area contributed by atoms with Gasteiger partial charge in [-0.3, -0.25) is 0 Å². The summed E-state index contributed by atoms with van der Waals surface area (Å²) in [5.74, 6) is -1.04. The Morgan fingerprint density at radius 2 is 2.35 bits per heavy atom. The molecule has 0 aliphatic carbocycles. The highest BCUT2D eigenvalue weighted by Crippen LogP contribution is 2.25. The lowest BCUT2D eigenvalue weighted by molar-refractivity contribution is -0.150. The second-order valence-electron chi connectivity index (χ2n) is 4.32. The summed E-state index contributed by atoms with van der Waals surface area (Å²) in [7, 11) is 0. The van der Waals surface area contributed by atoms with Gasteiger partial charge in [0.2, 0.25) is 0 Å². The molecular formula is C12H20O5. The molecule has 1 saturated heterocycles. The maximum Gasteiger partial charge on any atom is 0.330 e. The van der Waals surface area contributed by atoms with Crippen molar-refractivity contribution in [2.45, 2.75) is 45.2 Å². The number of esters is 1. The monoisotopic (exact) mass is 244 g/mol. The molecule has 1 unspecified atom stereocenters. The molecule has 1 aliphatic heterocycles. The van der Waals surface area contributed by atoms with E-state index in [0.717, 1.165) is 0 Å². The van der Waals surface area contributed by atoms with Gasteiger partial charge < -0.3 is 19.3 Å². The zero-order chi connectivity index (χ0) is 12.9. The highest BCUT2D eigenvalue weighted by Gasteiger charge is 2.36. The quantitative estimate of drug-likeness (QED) is 0.577. The largest absolute Gasteiger partial charge is 0.463 e. The van der Waals surface area contributed by atoms with E-state index in [1.165, 1.54) is 6.08 Å². The van der Waals surface area contributed by atoms with E-state index in [9.17, 15) is 9.90 Å². The number of ether oxygens (including phenoxy) is 3. The number of aliphatic hydroxyl groups is 1. The minimum Gasteiger partial charge on any atom is -0.463 e. The minimum absolute atomic E-state index is 0.336. The summed E-state index contributed by atoms with van der Waals surface area (Å²) in [5, 5.41) is 9.82. The Hall–Kier alpha value is -0.910. The Labute approximate surface area is 101 Å². The van der Waals surface area contributed by atoms with Gasteiger partial charge in [-0.1, -0.05) is 6.08 Å². The van der Waals surface area contributed by atoms with Gasteiger partial charge in [-0.05, 0) is 27.2 Å². The molecule has 98 valence electrons. The highest BCUT2D eigenvalue weighted by molar-refractivity contribution is 5.81. The summed E-state index contributed by atoms with van der Waals surface area (Å²) in [6.45, 7) is 6.05. The maximum absolute atomic E-state index is 11.0. The van der Waals surface area contributed by atoms with Crippen LogP contribution in [0.2, 0.25) is 0 Å². The van der Waals surface area contributed by atoms with Gasteiger partial charge in [-0.15, -0.1) is 0 Å². The van der Waals surface area contributed by atoms with Crippen LogP contribution in [0.25, 0.3) is 0 Å². The zero-order valence-electron chi connectivity index (χ0n) is 10.5. The van der Waals surface area contributed by atoms with Gasteiger partial charge in [0.05, 0.1) is 19.3 Å². The first-order valence-electron chi connectivity index (χ1n) is 5.77. The van der Waals surface area contributed by atoms with Crippen LogP contribution in [0.4, 0.5) is 0 Å². The normalized spacial score (nSPS) is 25.1. The lowest BCUT2D eigenvalue weighted by Crippen LogP contribution is -2.30. The molecule has 0 spiro atoms. The summed E-state index contributed by atoms with van der Waals surface area (Å²) in [4.78, 5) is 11.0. The summed E-state index contributed by atoms with van der Waals surface area (Å²) < 4.78 is 15.6. The van der Waals surface area contributed by atoms with Crippen LogP contribution in [0.15, 0.2) is 12.2 Å². The minimum atomic E-state index is -0.678. The van der Waals surface area contributed by atoms with Crippen LogP contribution in [0.1, 0.15) is 27.2 Å². The fourth-order valence-electron chi connectivity index (χ4n) is 1.55. The van der Waals surface area contributed by atoms with Crippen LogP contribution in [0.5, 0.6) is 0 Å². The average molecular weight is 244 g/mol. The van der Waals surface area contributed by atoms with E-state index in [2.05, 4.69) is 0 Å². The van der Waals surface area contributed by atoms with Crippen LogP contribution in [0.3, 0.4) is 0 Å². The zero-order valence-corrected chi connectivity index (χ0v) is 10.5. The Morgan fingerprint density at radius 3 is 2.88 bits per heavy atom. The number of carbonyl (C=O) groups is 1. The molecular weight excluding hydrogens is 224 g/mol. The molecule has 0 aromatic carbocycles. The highest BCUT2D eigenvalue weighted by atomic mass is 16.7. The van der Waals surface area contributed by atoms with E-state index in [1.807, 2.05) is 0 Å². The SMILES string of the molecule is CCOC(=O)/C=C/C[C@H](O)C1COC(C)(C)O1. The number of hydrogen-bond donors (Lipinski definition) is 1. The Bertz CT molecular complexity index is 285. The van der Waals surface area contributed by atoms with E-state index in [0.29, 0.717) is 19.6 Å². The topological polar surface area (TPSA) is 65.0 Å². The molecule has 0 aromatic rings. The van der Waals surface area contributed by atoms with Gasteiger partial charge in [0.1, 0.15) is 6.10 Å². The second kappa shape index (κ2) is 6.14. The molecule has 0 amide bonds. The molecule has 0 radical (unpaired) electrons.